The molecule has 0 radical (unpaired) electrons. The quantitative estimate of drug-likeness (QED) is 0.633. The Morgan fingerprint density at radius 3 is 2.47 bits per heavy atom. The second kappa shape index (κ2) is 4.18. The summed E-state index contributed by atoms with van der Waals surface area (Å²) in [7, 11) is 0. The number of hydrogen-bond acceptors (Lipinski definition) is 4. The third-order valence-electron chi connectivity index (χ3n) is 1.48. The van der Waals surface area contributed by atoms with Crippen molar-refractivity contribution in [3.8, 4) is 5.75 Å². The molecule has 4 N–H and O–H groups in total. The van der Waals surface area contributed by atoms with Crippen LogP contribution < -0.4 is 5.73 Å². The molecule has 0 unspecified atom stereocenters. The number of nitrogens with two attached hydrogens (primary N) is 1. The Morgan fingerprint density at radius 1 is 1.33 bits per heavy atom. The SMILES string of the molecule is NC(=O)N=Nc1ccc(C(=O)O)cc1O. The van der Waals surface area contributed by atoms with Gasteiger partial charge in [-0.25, -0.2) is 9.59 Å². The van der Waals surface area contributed by atoms with Gasteiger partial charge in [-0.15, -0.1) is 5.11 Å². The van der Waals surface area contributed by atoms with Crippen LogP contribution in [-0.4, -0.2) is 22.2 Å². The summed E-state index contributed by atoms with van der Waals surface area (Å²) < 4.78 is 0. The molecule has 0 fully saturated rings. The molecule has 7 nitrogen and oxygen atoms in total. The fraction of sp³-hybridized carbons (Fsp3) is 0. The summed E-state index contributed by atoms with van der Waals surface area (Å²) in [6.07, 6.45) is 0. The number of primary amides is 1. The summed E-state index contributed by atoms with van der Waals surface area (Å²) in [6, 6.07) is 2.43. The van der Waals surface area contributed by atoms with Gasteiger partial charge in [0.05, 0.1) is 5.56 Å². The highest BCUT2D eigenvalue weighted by Crippen LogP contribution is 2.27. The minimum Gasteiger partial charge on any atom is -0.506 e. The van der Waals surface area contributed by atoms with Crippen molar-refractivity contribution in [2.75, 3.05) is 0 Å². The number of amides is 2. The minimum absolute atomic E-state index is 0.0289. The summed E-state index contributed by atoms with van der Waals surface area (Å²) in [6.45, 7) is 0. The van der Waals surface area contributed by atoms with Gasteiger partial charge in [0.1, 0.15) is 11.4 Å². The Hall–Kier alpha value is -2.44. The van der Waals surface area contributed by atoms with Crippen LogP contribution in [0, 0.1) is 0 Å². The lowest BCUT2D eigenvalue weighted by Crippen LogP contribution is -2.01. The number of azo groups is 1. The lowest BCUT2D eigenvalue weighted by atomic mass is 10.2. The topological polar surface area (TPSA) is 125 Å². The summed E-state index contributed by atoms with van der Waals surface area (Å²) in [5.74, 6) is -1.57. The summed E-state index contributed by atoms with van der Waals surface area (Å²) in [5, 5.41) is 24.2. The van der Waals surface area contributed by atoms with E-state index in [1.165, 1.54) is 12.1 Å². The predicted molar refractivity (Wildman–Crippen MR) is 49.2 cm³/mol. The molecule has 78 valence electrons. The zero-order chi connectivity index (χ0) is 11.4. The molecule has 0 spiro atoms. The van der Waals surface area contributed by atoms with Crippen LogP contribution in [0.3, 0.4) is 0 Å². The number of carboxylic acids is 1. The van der Waals surface area contributed by atoms with Crippen molar-refractivity contribution in [2.24, 2.45) is 16.0 Å². The average Bonchev–Trinajstić information content (AvgIpc) is 2.15. The molecule has 15 heavy (non-hydrogen) atoms. The monoisotopic (exact) mass is 209 g/mol. The standard InChI is InChI=1S/C8H7N3O4/c9-8(15)11-10-5-2-1-4(7(13)14)3-6(5)12/h1-3,12H,(H2,9,15)(H,13,14). The number of aromatic carboxylic acids is 1. The van der Waals surface area contributed by atoms with Gasteiger partial charge in [-0.1, -0.05) is 5.11 Å². The Morgan fingerprint density at radius 2 is 2.00 bits per heavy atom. The van der Waals surface area contributed by atoms with Crippen molar-refractivity contribution in [3.63, 3.8) is 0 Å². The number of carboxylic acid groups (broad SMARTS) is 1. The van der Waals surface area contributed by atoms with E-state index in [2.05, 4.69) is 10.2 Å². The number of aromatic hydroxyl groups is 1. The molecule has 0 saturated carbocycles. The van der Waals surface area contributed by atoms with E-state index in [1.807, 2.05) is 0 Å². The number of carbonyl (C=O) groups excluding carboxylic acids is 1. The van der Waals surface area contributed by atoms with Gasteiger partial charge >= 0.3 is 12.0 Å². The number of phenols is 1. The first-order valence-electron chi connectivity index (χ1n) is 3.78. The maximum Gasteiger partial charge on any atom is 0.356 e. The van der Waals surface area contributed by atoms with Gasteiger partial charge < -0.3 is 15.9 Å². The number of phenolic OH excluding ortho intramolecular Hbond substituents is 1. The average molecular weight is 209 g/mol. The van der Waals surface area contributed by atoms with Crippen molar-refractivity contribution >= 4 is 17.7 Å². The van der Waals surface area contributed by atoms with E-state index in [0.717, 1.165) is 6.07 Å². The first-order valence-corrected chi connectivity index (χ1v) is 3.78. The van der Waals surface area contributed by atoms with Crippen molar-refractivity contribution in [2.45, 2.75) is 0 Å². The van der Waals surface area contributed by atoms with E-state index >= 15 is 0 Å². The summed E-state index contributed by atoms with van der Waals surface area (Å²) >= 11 is 0. The van der Waals surface area contributed by atoms with Crippen molar-refractivity contribution < 1.29 is 19.8 Å². The van der Waals surface area contributed by atoms with Gasteiger partial charge in [0.25, 0.3) is 0 Å². The van der Waals surface area contributed by atoms with E-state index < -0.39 is 12.0 Å². The molecule has 0 aliphatic carbocycles. The highest BCUT2D eigenvalue weighted by atomic mass is 16.4. The molecule has 7 heteroatoms. The Kier molecular flexibility index (Phi) is 2.97. The fourth-order valence-corrected chi connectivity index (χ4v) is 0.844. The van der Waals surface area contributed by atoms with Crippen molar-refractivity contribution in [1.29, 1.82) is 0 Å². The third-order valence-corrected chi connectivity index (χ3v) is 1.48. The van der Waals surface area contributed by atoms with Gasteiger partial charge in [0.2, 0.25) is 0 Å². The van der Waals surface area contributed by atoms with Gasteiger partial charge in [-0.2, -0.15) is 0 Å². The van der Waals surface area contributed by atoms with Gasteiger partial charge in [-0.05, 0) is 18.2 Å². The number of urea groups is 1. The molecule has 0 saturated heterocycles. The molecule has 0 aliphatic heterocycles. The zero-order valence-electron chi connectivity index (χ0n) is 7.41. The fourth-order valence-electron chi connectivity index (χ4n) is 0.844. The van der Waals surface area contributed by atoms with Gasteiger partial charge in [0.15, 0.2) is 0 Å². The summed E-state index contributed by atoms with van der Waals surface area (Å²) in [4.78, 5) is 20.7. The molecular formula is C8H7N3O4. The highest BCUT2D eigenvalue weighted by molar-refractivity contribution is 5.88. The molecule has 0 aliphatic rings. The Labute approximate surface area is 83.9 Å². The van der Waals surface area contributed by atoms with E-state index in [-0.39, 0.29) is 17.0 Å². The largest absolute Gasteiger partial charge is 0.506 e. The van der Waals surface area contributed by atoms with Crippen molar-refractivity contribution in [1.82, 2.24) is 0 Å². The van der Waals surface area contributed by atoms with Crippen LogP contribution in [0.4, 0.5) is 10.5 Å². The second-order valence-electron chi connectivity index (χ2n) is 2.55. The van der Waals surface area contributed by atoms with Crippen LogP contribution in [0.2, 0.25) is 0 Å². The molecular weight excluding hydrogens is 202 g/mol. The smallest absolute Gasteiger partial charge is 0.356 e. The van der Waals surface area contributed by atoms with E-state index in [4.69, 9.17) is 10.8 Å². The normalized spacial score (nSPS) is 10.4. The second-order valence-corrected chi connectivity index (χ2v) is 2.55. The summed E-state index contributed by atoms with van der Waals surface area (Å²) in [5.41, 5.74) is 4.57. The predicted octanol–water partition coefficient (Wildman–Crippen LogP) is 1.25. The molecule has 2 amide bonds. The van der Waals surface area contributed by atoms with Gasteiger partial charge in [0, 0.05) is 0 Å². The number of carbonyl (C=O) groups is 2. The molecule has 0 atom stereocenters. The van der Waals surface area contributed by atoms with E-state index in [1.54, 1.807) is 0 Å². The lowest BCUT2D eigenvalue weighted by Gasteiger charge is -1.98. The number of rotatable bonds is 2. The third kappa shape index (κ3) is 2.76. The van der Waals surface area contributed by atoms with Crippen LogP contribution in [0.1, 0.15) is 10.4 Å². The van der Waals surface area contributed by atoms with Crippen LogP contribution in [-0.2, 0) is 0 Å². The molecule has 0 aromatic heterocycles. The molecule has 1 aromatic carbocycles. The van der Waals surface area contributed by atoms with E-state index in [0.29, 0.717) is 0 Å². The molecule has 0 bridgehead atoms. The Balaban J connectivity index is 3.03. The first-order chi connectivity index (χ1) is 7.00. The van der Waals surface area contributed by atoms with Gasteiger partial charge in [-0.3, -0.25) is 0 Å². The first kappa shape index (κ1) is 10.6. The minimum atomic E-state index is -1.18. The molecule has 1 rings (SSSR count). The Bertz CT molecular complexity index is 442. The molecule has 1 aromatic rings. The van der Waals surface area contributed by atoms with E-state index in [9.17, 15) is 14.7 Å². The maximum absolute atomic E-state index is 10.5. The number of benzene rings is 1. The van der Waals surface area contributed by atoms with Crippen LogP contribution in [0.25, 0.3) is 0 Å². The van der Waals surface area contributed by atoms with Crippen LogP contribution >= 0.6 is 0 Å². The number of nitrogens with zero attached hydrogens (tertiary/aromatic N) is 2. The molecule has 0 heterocycles. The van der Waals surface area contributed by atoms with Crippen molar-refractivity contribution in [3.05, 3.63) is 23.8 Å². The maximum atomic E-state index is 10.5. The number of hydrogen-bond donors (Lipinski definition) is 3. The highest BCUT2D eigenvalue weighted by Gasteiger charge is 2.06. The zero-order valence-corrected chi connectivity index (χ0v) is 7.41. The van der Waals surface area contributed by atoms with Crippen LogP contribution in [0.15, 0.2) is 28.4 Å². The van der Waals surface area contributed by atoms with Crippen LogP contribution in [0.5, 0.6) is 5.75 Å². The lowest BCUT2D eigenvalue weighted by molar-refractivity contribution is 0.0696.